The highest BCUT2D eigenvalue weighted by molar-refractivity contribution is 7.12. The molecule has 0 atom stereocenters. The van der Waals surface area contributed by atoms with Crippen LogP contribution in [0.4, 0.5) is 0 Å². The molecular formula is C16H29NO2S. The SMILES string of the molecule is CCCOCCOCc1cc(CNCC(C)C)sc1C. The predicted octanol–water partition coefficient (Wildman–Crippen LogP) is 3.75. The molecule has 3 nitrogen and oxygen atoms in total. The van der Waals surface area contributed by atoms with Crippen LogP contribution in [-0.4, -0.2) is 26.4 Å². The molecule has 4 heteroatoms. The van der Waals surface area contributed by atoms with E-state index < -0.39 is 0 Å². The van der Waals surface area contributed by atoms with Gasteiger partial charge in [-0.3, -0.25) is 0 Å². The van der Waals surface area contributed by atoms with Gasteiger partial charge in [0.05, 0.1) is 19.8 Å². The van der Waals surface area contributed by atoms with Crippen LogP contribution in [0.2, 0.25) is 0 Å². The van der Waals surface area contributed by atoms with Crippen LogP contribution in [0.15, 0.2) is 6.07 Å². The highest BCUT2D eigenvalue weighted by Crippen LogP contribution is 2.22. The number of thiophene rings is 1. The fourth-order valence-corrected chi connectivity index (χ4v) is 2.87. The predicted molar refractivity (Wildman–Crippen MR) is 86.4 cm³/mol. The molecule has 1 heterocycles. The van der Waals surface area contributed by atoms with E-state index >= 15 is 0 Å². The van der Waals surface area contributed by atoms with Crippen LogP contribution in [-0.2, 0) is 22.6 Å². The van der Waals surface area contributed by atoms with Gasteiger partial charge in [0.2, 0.25) is 0 Å². The zero-order valence-corrected chi connectivity index (χ0v) is 14.1. The summed E-state index contributed by atoms with van der Waals surface area (Å²) in [6.07, 6.45) is 1.07. The van der Waals surface area contributed by atoms with Gasteiger partial charge in [-0.25, -0.2) is 0 Å². The number of hydrogen-bond donors (Lipinski definition) is 1. The molecule has 0 radical (unpaired) electrons. The first kappa shape index (κ1) is 17.6. The summed E-state index contributed by atoms with van der Waals surface area (Å²) in [5.41, 5.74) is 1.31. The van der Waals surface area contributed by atoms with Gasteiger partial charge in [0.25, 0.3) is 0 Å². The molecule has 0 aliphatic rings. The van der Waals surface area contributed by atoms with Crippen molar-refractivity contribution in [3.63, 3.8) is 0 Å². The third-order valence-corrected chi connectivity index (χ3v) is 3.99. The Labute approximate surface area is 127 Å². The van der Waals surface area contributed by atoms with Crippen molar-refractivity contribution in [2.24, 2.45) is 5.92 Å². The van der Waals surface area contributed by atoms with Gasteiger partial charge in [0, 0.05) is 22.9 Å². The lowest BCUT2D eigenvalue weighted by molar-refractivity contribution is 0.0408. The molecule has 116 valence electrons. The molecule has 0 aliphatic carbocycles. The van der Waals surface area contributed by atoms with Crippen LogP contribution in [0, 0.1) is 12.8 Å². The molecule has 1 aromatic rings. The minimum atomic E-state index is 0.677. The largest absolute Gasteiger partial charge is 0.379 e. The number of nitrogens with one attached hydrogen (secondary N) is 1. The van der Waals surface area contributed by atoms with Crippen molar-refractivity contribution in [2.45, 2.75) is 47.3 Å². The molecule has 0 unspecified atom stereocenters. The van der Waals surface area contributed by atoms with Gasteiger partial charge < -0.3 is 14.8 Å². The Kier molecular flexibility index (Phi) is 9.10. The number of rotatable bonds is 11. The molecule has 0 aromatic carbocycles. The van der Waals surface area contributed by atoms with E-state index in [0.717, 1.165) is 26.1 Å². The third kappa shape index (κ3) is 7.39. The van der Waals surface area contributed by atoms with Crippen LogP contribution in [0.25, 0.3) is 0 Å². The summed E-state index contributed by atoms with van der Waals surface area (Å²) in [6.45, 7) is 13.7. The van der Waals surface area contributed by atoms with E-state index in [4.69, 9.17) is 9.47 Å². The van der Waals surface area contributed by atoms with Crippen molar-refractivity contribution < 1.29 is 9.47 Å². The van der Waals surface area contributed by atoms with E-state index in [0.29, 0.717) is 25.7 Å². The molecular weight excluding hydrogens is 270 g/mol. The van der Waals surface area contributed by atoms with Crippen molar-refractivity contribution in [1.29, 1.82) is 0 Å². The number of aryl methyl sites for hydroxylation is 1. The second kappa shape index (κ2) is 10.3. The minimum absolute atomic E-state index is 0.677. The fourth-order valence-electron chi connectivity index (χ4n) is 1.85. The molecule has 0 spiro atoms. The molecule has 20 heavy (non-hydrogen) atoms. The van der Waals surface area contributed by atoms with Crippen molar-refractivity contribution >= 4 is 11.3 Å². The monoisotopic (exact) mass is 299 g/mol. The highest BCUT2D eigenvalue weighted by atomic mass is 32.1. The Balaban J connectivity index is 2.23. The van der Waals surface area contributed by atoms with E-state index in [9.17, 15) is 0 Å². The molecule has 1 rings (SSSR count). The molecule has 0 aliphatic heterocycles. The highest BCUT2D eigenvalue weighted by Gasteiger charge is 2.06. The third-order valence-electron chi connectivity index (χ3n) is 2.90. The Hall–Kier alpha value is -0.420. The lowest BCUT2D eigenvalue weighted by Crippen LogP contribution is -2.18. The van der Waals surface area contributed by atoms with Crippen LogP contribution >= 0.6 is 11.3 Å². The summed E-state index contributed by atoms with van der Waals surface area (Å²) in [7, 11) is 0. The zero-order chi connectivity index (χ0) is 14.8. The van der Waals surface area contributed by atoms with Crippen LogP contribution in [0.5, 0.6) is 0 Å². The van der Waals surface area contributed by atoms with E-state index in [1.165, 1.54) is 15.3 Å². The van der Waals surface area contributed by atoms with Gasteiger partial charge in [-0.2, -0.15) is 0 Å². The number of hydrogen-bond acceptors (Lipinski definition) is 4. The molecule has 1 aromatic heterocycles. The molecule has 0 bridgehead atoms. The smallest absolute Gasteiger partial charge is 0.0728 e. The normalized spacial score (nSPS) is 11.4. The Morgan fingerprint density at radius 2 is 1.95 bits per heavy atom. The molecule has 0 saturated heterocycles. The van der Waals surface area contributed by atoms with E-state index in [1.54, 1.807) is 0 Å². The Morgan fingerprint density at radius 3 is 2.65 bits per heavy atom. The van der Waals surface area contributed by atoms with E-state index in [-0.39, 0.29) is 0 Å². The molecule has 1 N–H and O–H groups in total. The van der Waals surface area contributed by atoms with E-state index in [2.05, 4.69) is 39.1 Å². The molecule has 0 amide bonds. The van der Waals surface area contributed by atoms with Crippen LogP contribution in [0.3, 0.4) is 0 Å². The summed E-state index contributed by atoms with van der Waals surface area (Å²) in [6, 6.07) is 2.26. The summed E-state index contributed by atoms with van der Waals surface area (Å²) < 4.78 is 11.1. The first-order chi connectivity index (χ1) is 9.63. The average Bonchev–Trinajstić information content (AvgIpc) is 2.74. The Morgan fingerprint density at radius 1 is 1.20 bits per heavy atom. The quantitative estimate of drug-likeness (QED) is 0.631. The average molecular weight is 299 g/mol. The second-order valence-electron chi connectivity index (χ2n) is 5.48. The second-order valence-corrected chi connectivity index (χ2v) is 6.82. The van der Waals surface area contributed by atoms with Gasteiger partial charge in [-0.15, -0.1) is 11.3 Å². The summed E-state index contributed by atoms with van der Waals surface area (Å²) >= 11 is 1.86. The van der Waals surface area contributed by atoms with Crippen LogP contribution in [0.1, 0.15) is 42.5 Å². The van der Waals surface area contributed by atoms with Gasteiger partial charge in [-0.05, 0) is 37.4 Å². The lowest BCUT2D eigenvalue weighted by atomic mass is 10.2. The number of ether oxygens (including phenoxy) is 2. The topological polar surface area (TPSA) is 30.5 Å². The summed E-state index contributed by atoms with van der Waals surface area (Å²) in [4.78, 5) is 2.75. The standard InChI is InChI=1S/C16H29NO2S/c1-5-6-18-7-8-19-12-15-9-16(20-14(15)4)11-17-10-13(2)3/h9,13,17H,5-8,10-12H2,1-4H3. The maximum atomic E-state index is 5.66. The van der Waals surface area contributed by atoms with Gasteiger partial charge >= 0.3 is 0 Å². The molecule has 0 fully saturated rings. The minimum Gasteiger partial charge on any atom is -0.379 e. The summed E-state index contributed by atoms with van der Waals surface area (Å²) in [5, 5.41) is 3.48. The molecule has 0 saturated carbocycles. The first-order valence-corrected chi connectivity index (χ1v) is 8.39. The van der Waals surface area contributed by atoms with Crippen molar-refractivity contribution in [1.82, 2.24) is 5.32 Å². The van der Waals surface area contributed by atoms with Gasteiger partial charge in [-0.1, -0.05) is 20.8 Å². The van der Waals surface area contributed by atoms with Crippen molar-refractivity contribution in [3.8, 4) is 0 Å². The van der Waals surface area contributed by atoms with Gasteiger partial charge in [0.1, 0.15) is 0 Å². The first-order valence-electron chi connectivity index (χ1n) is 7.57. The maximum absolute atomic E-state index is 5.66. The van der Waals surface area contributed by atoms with Crippen LogP contribution < -0.4 is 5.32 Å². The Bertz CT molecular complexity index is 363. The maximum Gasteiger partial charge on any atom is 0.0728 e. The lowest BCUT2D eigenvalue weighted by Gasteiger charge is -2.05. The van der Waals surface area contributed by atoms with E-state index in [1.807, 2.05) is 11.3 Å². The fraction of sp³-hybridized carbons (Fsp3) is 0.750. The summed E-state index contributed by atoms with van der Waals surface area (Å²) in [5.74, 6) is 0.696. The zero-order valence-electron chi connectivity index (χ0n) is 13.3. The van der Waals surface area contributed by atoms with Gasteiger partial charge in [0.15, 0.2) is 0 Å². The van der Waals surface area contributed by atoms with Crippen molar-refractivity contribution in [2.75, 3.05) is 26.4 Å². The van der Waals surface area contributed by atoms with Crippen molar-refractivity contribution in [3.05, 3.63) is 21.4 Å².